The van der Waals surface area contributed by atoms with Crippen molar-refractivity contribution >= 4 is 23.3 Å². The number of rotatable bonds is 3. The van der Waals surface area contributed by atoms with E-state index in [0.29, 0.717) is 36.6 Å². The van der Waals surface area contributed by atoms with Gasteiger partial charge in [0.1, 0.15) is 0 Å². The largest absolute Gasteiger partial charge is 0.379 e. The Morgan fingerprint density at radius 1 is 1.23 bits per heavy atom. The summed E-state index contributed by atoms with van der Waals surface area (Å²) in [4.78, 5) is 28.2. The predicted octanol–water partition coefficient (Wildman–Crippen LogP) is 2.49. The third kappa shape index (κ3) is 3.49. The van der Waals surface area contributed by atoms with Gasteiger partial charge in [0.15, 0.2) is 17.5 Å². The summed E-state index contributed by atoms with van der Waals surface area (Å²) in [6.45, 7) is 2.71. The highest BCUT2D eigenvalue weighted by Crippen LogP contribution is 2.31. The number of nitrogens with zero attached hydrogens (tertiary/aromatic N) is 4. The van der Waals surface area contributed by atoms with E-state index >= 15 is 0 Å². The van der Waals surface area contributed by atoms with Crippen LogP contribution in [-0.4, -0.2) is 52.4 Å². The maximum atomic E-state index is 13.4. The zero-order chi connectivity index (χ0) is 21.6. The minimum atomic E-state index is -1.60. The Labute approximate surface area is 170 Å². The van der Waals surface area contributed by atoms with Crippen molar-refractivity contribution in [2.45, 2.75) is 38.6 Å². The number of urea groups is 1. The van der Waals surface area contributed by atoms with E-state index in [9.17, 15) is 22.8 Å². The van der Waals surface area contributed by atoms with Crippen LogP contribution in [0.4, 0.5) is 29.3 Å². The number of halogens is 3. The van der Waals surface area contributed by atoms with Gasteiger partial charge in [-0.1, -0.05) is 0 Å². The smallest absolute Gasteiger partial charge is 0.322 e. The summed E-state index contributed by atoms with van der Waals surface area (Å²) in [7, 11) is 1.55. The van der Waals surface area contributed by atoms with Crippen LogP contribution in [0.1, 0.15) is 19.0 Å². The van der Waals surface area contributed by atoms with Crippen molar-refractivity contribution in [1.29, 1.82) is 0 Å². The van der Waals surface area contributed by atoms with Crippen LogP contribution in [0.25, 0.3) is 0 Å². The molecule has 1 N–H and O–H groups in total. The van der Waals surface area contributed by atoms with E-state index in [4.69, 9.17) is 4.74 Å². The molecule has 30 heavy (non-hydrogen) atoms. The van der Waals surface area contributed by atoms with Crippen molar-refractivity contribution in [3.63, 3.8) is 0 Å². The van der Waals surface area contributed by atoms with Crippen LogP contribution in [0, 0.1) is 17.5 Å². The van der Waals surface area contributed by atoms with E-state index in [1.807, 2.05) is 0 Å². The van der Waals surface area contributed by atoms with Crippen LogP contribution in [-0.2, 0) is 22.6 Å². The summed E-state index contributed by atoms with van der Waals surface area (Å²) in [5.41, 5.74) is 1.08. The van der Waals surface area contributed by atoms with Gasteiger partial charge in [0.2, 0.25) is 5.91 Å². The highest BCUT2D eigenvalue weighted by Gasteiger charge is 2.36. The number of carbonyl (C=O) groups excluding carboxylic acids is 2. The number of aromatic nitrogens is 2. The van der Waals surface area contributed by atoms with Crippen LogP contribution < -0.4 is 10.2 Å². The molecule has 0 bridgehead atoms. The number of benzene rings is 1. The standard InChI is InChI=1S/C19H20F3N5O3/c1-10-7-27-16(15(6-23-27)26-8-12(30-2)5-17(26)28)9-25(10)19(29)24-11-3-13(20)18(22)14(21)4-11/h3-4,6,10,12H,5,7-9H2,1-2H3,(H,24,29)/t10-,12-/m0/s1. The molecule has 3 heterocycles. The van der Waals surface area contributed by atoms with Gasteiger partial charge in [-0.3, -0.25) is 9.48 Å². The molecule has 3 amide bonds. The van der Waals surface area contributed by atoms with Crippen molar-refractivity contribution in [3.05, 3.63) is 41.5 Å². The average molecular weight is 423 g/mol. The molecule has 1 saturated heterocycles. The van der Waals surface area contributed by atoms with E-state index < -0.39 is 23.5 Å². The summed E-state index contributed by atoms with van der Waals surface area (Å²) < 4.78 is 47.0. The van der Waals surface area contributed by atoms with Crippen molar-refractivity contribution in [1.82, 2.24) is 14.7 Å². The Bertz CT molecular complexity index is 988. The zero-order valence-corrected chi connectivity index (χ0v) is 16.4. The first kappa shape index (κ1) is 20.2. The Morgan fingerprint density at radius 2 is 1.93 bits per heavy atom. The predicted molar refractivity (Wildman–Crippen MR) is 100 cm³/mol. The monoisotopic (exact) mass is 423 g/mol. The molecule has 11 heteroatoms. The molecule has 0 saturated carbocycles. The quantitative estimate of drug-likeness (QED) is 0.770. The normalized spacial score (nSPS) is 21.2. The van der Waals surface area contributed by atoms with Gasteiger partial charge < -0.3 is 19.9 Å². The molecule has 0 spiro atoms. The molecule has 2 aliphatic heterocycles. The molecule has 2 aromatic rings. The Hall–Kier alpha value is -3.08. The Kier molecular flexibility index (Phi) is 5.14. The molecule has 1 fully saturated rings. The number of hydrogen-bond acceptors (Lipinski definition) is 4. The minimum Gasteiger partial charge on any atom is -0.379 e. The van der Waals surface area contributed by atoms with Gasteiger partial charge in [-0.2, -0.15) is 5.10 Å². The van der Waals surface area contributed by atoms with Gasteiger partial charge in [-0.15, -0.1) is 0 Å². The molecular formula is C19H20F3N5O3. The SMILES string of the molecule is CO[C@H]1CC(=O)N(c2cnn3c2CN(C(=O)Nc2cc(F)c(F)c(F)c2)[C@@H](C)C3)C1. The number of ether oxygens (including phenoxy) is 1. The molecule has 0 radical (unpaired) electrons. The van der Waals surface area contributed by atoms with Gasteiger partial charge in [0.25, 0.3) is 0 Å². The van der Waals surface area contributed by atoms with E-state index in [0.717, 1.165) is 0 Å². The molecule has 0 aliphatic carbocycles. The summed E-state index contributed by atoms with van der Waals surface area (Å²) in [5.74, 6) is -4.47. The molecule has 0 unspecified atom stereocenters. The molecule has 2 aliphatic rings. The van der Waals surface area contributed by atoms with Gasteiger partial charge >= 0.3 is 6.03 Å². The van der Waals surface area contributed by atoms with Crippen LogP contribution in [0.3, 0.4) is 0 Å². The maximum absolute atomic E-state index is 13.4. The van der Waals surface area contributed by atoms with E-state index in [-0.39, 0.29) is 36.7 Å². The van der Waals surface area contributed by atoms with E-state index in [1.54, 1.807) is 29.8 Å². The average Bonchev–Trinajstić information content (AvgIpc) is 3.27. The van der Waals surface area contributed by atoms with Crippen LogP contribution in [0.15, 0.2) is 18.3 Å². The number of amides is 3. The van der Waals surface area contributed by atoms with Crippen molar-refractivity contribution in [3.8, 4) is 0 Å². The molecule has 1 aromatic heterocycles. The van der Waals surface area contributed by atoms with Gasteiger partial charge in [0, 0.05) is 24.9 Å². The summed E-state index contributed by atoms with van der Waals surface area (Å²) in [6.07, 6.45) is 1.64. The number of methoxy groups -OCH3 is 1. The third-order valence-corrected chi connectivity index (χ3v) is 5.43. The van der Waals surface area contributed by atoms with E-state index in [2.05, 4.69) is 10.4 Å². The first-order valence-electron chi connectivity index (χ1n) is 9.38. The Balaban J connectivity index is 1.55. The van der Waals surface area contributed by atoms with Gasteiger partial charge in [0.05, 0.1) is 55.8 Å². The second-order valence-corrected chi connectivity index (χ2v) is 7.39. The number of anilines is 2. The first-order valence-corrected chi connectivity index (χ1v) is 9.38. The van der Waals surface area contributed by atoms with Gasteiger partial charge in [-0.25, -0.2) is 18.0 Å². The van der Waals surface area contributed by atoms with Crippen LogP contribution >= 0.6 is 0 Å². The fourth-order valence-electron chi connectivity index (χ4n) is 3.77. The highest BCUT2D eigenvalue weighted by atomic mass is 19.2. The topological polar surface area (TPSA) is 79.7 Å². The Morgan fingerprint density at radius 3 is 2.57 bits per heavy atom. The van der Waals surface area contributed by atoms with Crippen molar-refractivity contribution in [2.75, 3.05) is 23.9 Å². The van der Waals surface area contributed by atoms with E-state index in [1.165, 1.54) is 4.90 Å². The highest BCUT2D eigenvalue weighted by molar-refractivity contribution is 5.96. The third-order valence-electron chi connectivity index (χ3n) is 5.43. The summed E-state index contributed by atoms with van der Waals surface area (Å²) in [5, 5.41) is 6.73. The molecular weight excluding hydrogens is 403 g/mol. The zero-order valence-electron chi connectivity index (χ0n) is 16.4. The molecule has 1 aromatic carbocycles. The van der Waals surface area contributed by atoms with Crippen LogP contribution in [0.2, 0.25) is 0 Å². The molecule has 8 nitrogen and oxygen atoms in total. The lowest BCUT2D eigenvalue weighted by Crippen LogP contribution is -2.47. The molecule has 2 atom stereocenters. The lowest BCUT2D eigenvalue weighted by molar-refractivity contribution is -0.117. The maximum Gasteiger partial charge on any atom is 0.322 e. The number of hydrogen-bond donors (Lipinski definition) is 1. The summed E-state index contributed by atoms with van der Waals surface area (Å²) >= 11 is 0. The lowest BCUT2D eigenvalue weighted by atomic mass is 10.2. The van der Waals surface area contributed by atoms with Crippen LogP contribution in [0.5, 0.6) is 0 Å². The van der Waals surface area contributed by atoms with Crippen molar-refractivity contribution < 1.29 is 27.5 Å². The molecule has 4 rings (SSSR count). The second kappa shape index (κ2) is 7.63. The van der Waals surface area contributed by atoms with Gasteiger partial charge in [-0.05, 0) is 6.92 Å². The fourth-order valence-corrected chi connectivity index (χ4v) is 3.77. The first-order chi connectivity index (χ1) is 14.3. The number of nitrogens with one attached hydrogen (secondary N) is 1. The number of fused-ring (bicyclic) bond motifs is 1. The second-order valence-electron chi connectivity index (χ2n) is 7.39. The lowest BCUT2D eigenvalue weighted by Gasteiger charge is -2.35. The van der Waals surface area contributed by atoms with Crippen molar-refractivity contribution in [2.24, 2.45) is 0 Å². The number of carbonyl (C=O) groups is 2. The molecule has 160 valence electrons. The minimum absolute atomic E-state index is 0.0930. The fraction of sp³-hybridized carbons (Fsp3) is 0.421. The summed E-state index contributed by atoms with van der Waals surface area (Å²) in [6, 6.07) is 0.554.